The molecule has 6 heteroatoms. The second kappa shape index (κ2) is 11.9. The number of nitrogens with one attached hydrogen (secondary N) is 2. The molecule has 1 aromatic carbocycles. The van der Waals surface area contributed by atoms with Crippen molar-refractivity contribution in [1.82, 2.24) is 10.6 Å². The summed E-state index contributed by atoms with van der Waals surface area (Å²) < 4.78 is 0. The maximum atomic E-state index is 13.1. The van der Waals surface area contributed by atoms with Crippen molar-refractivity contribution in [2.24, 2.45) is 0 Å². The van der Waals surface area contributed by atoms with E-state index >= 15 is 0 Å². The second-order valence-electron chi connectivity index (χ2n) is 9.09. The fourth-order valence-electron chi connectivity index (χ4n) is 4.85. The first kappa shape index (κ1) is 24.1. The minimum absolute atomic E-state index is 0.0721. The van der Waals surface area contributed by atoms with Gasteiger partial charge in [0.2, 0.25) is 0 Å². The Morgan fingerprint density at radius 1 is 0.906 bits per heavy atom. The maximum Gasteiger partial charge on any atom is 0.257 e. The first-order valence-electron chi connectivity index (χ1n) is 12.4. The highest BCUT2D eigenvalue weighted by Gasteiger charge is 2.25. The molecule has 2 aliphatic rings. The number of carbonyl (C=O) groups excluding carboxylic acids is 2. The number of aromatic hydroxyl groups is 1. The Morgan fingerprint density at radius 3 is 1.84 bits per heavy atom. The number of hydrogen-bond donors (Lipinski definition) is 3. The highest BCUT2D eigenvalue weighted by Crippen LogP contribution is 2.27. The van der Waals surface area contributed by atoms with Crippen molar-refractivity contribution in [2.75, 3.05) is 18.0 Å². The van der Waals surface area contributed by atoms with Crippen LogP contribution in [0.15, 0.2) is 23.8 Å². The summed E-state index contributed by atoms with van der Waals surface area (Å²) in [7, 11) is 0. The van der Waals surface area contributed by atoms with Crippen LogP contribution in [0.1, 0.15) is 83.6 Å². The molecule has 3 N–H and O–H groups in total. The molecule has 2 amide bonds. The summed E-state index contributed by atoms with van der Waals surface area (Å²) in [5, 5.41) is 16.8. The summed E-state index contributed by atoms with van der Waals surface area (Å²) in [6.45, 7) is 5.81. The molecule has 0 saturated heterocycles. The molecule has 0 spiro atoms. The lowest BCUT2D eigenvalue weighted by atomic mass is 9.94. The van der Waals surface area contributed by atoms with Gasteiger partial charge < -0.3 is 20.6 Å². The Labute approximate surface area is 192 Å². The zero-order chi connectivity index (χ0) is 22.9. The van der Waals surface area contributed by atoms with E-state index in [2.05, 4.69) is 29.4 Å². The SMILES string of the molecule is CCN(CC)c1ccc(C=C(C(=O)NC2CCCCC2)C(=O)NC2CCCCC2)c(O)c1. The van der Waals surface area contributed by atoms with Crippen molar-refractivity contribution >= 4 is 23.6 Å². The van der Waals surface area contributed by atoms with E-state index in [1.54, 1.807) is 12.1 Å². The van der Waals surface area contributed by atoms with Gasteiger partial charge in [-0.15, -0.1) is 0 Å². The molecule has 176 valence electrons. The lowest BCUT2D eigenvalue weighted by Gasteiger charge is -2.25. The van der Waals surface area contributed by atoms with Gasteiger partial charge in [0.25, 0.3) is 11.8 Å². The Morgan fingerprint density at radius 2 is 1.41 bits per heavy atom. The predicted octanol–water partition coefficient (Wildman–Crippen LogP) is 4.52. The van der Waals surface area contributed by atoms with Crippen LogP contribution in [0.4, 0.5) is 5.69 Å². The number of hydrogen-bond acceptors (Lipinski definition) is 4. The van der Waals surface area contributed by atoms with E-state index in [1.807, 2.05) is 6.07 Å². The molecule has 6 nitrogen and oxygen atoms in total. The third-order valence-corrected chi connectivity index (χ3v) is 6.81. The van der Waals surface area contributed by atoms with E-state index in [0.717, 1.165) is 70.1 Å². The van der Waals surface area contributed by atoms with E-state index in [4.69, 9.17) is 0 Å². The van der Waals surface area contributed by atoms with Crippen LogP contribution in [0, 0.1) is 0 Å². The lowest BCUT2D eigenvalue weighted by Crippen LogP contribution is -2.43. The fraction of sp³-hybridized carbons (Fsp3) is 0.615. The summed E-state index contributed by atoms with van der Waals surface area (Å²) in [6.07, 6.45) is 12.2. The van der Waals surface area contributed by atoms with Gasteiger partial charge in [-0.2, -0.15) is 0 Å². The highest BCUT2D eigenvalue weighted by molar-refractivity contribution is 6.22. The van der Waals surface area contributed by atoms with Crippen LogP contribution in [-0.4, -0.2) is 42.1 Å². The Hall–Kier alpha value is -2.50. The molecule has 2 fully saturated rings. The van der Waals surface area contributed by atoms with Gasteiger partial charge in [-0.05, 0) is 57.7 Å². The van der Waals surface area contributed by atoms with Crippen LogP contribution >= 0.6 is 0 Å². The first-order chi connectivity index (χ1) is 15.5. The maximum absolute atomic E-state index is 13.1. The van der Waals surface area contributed by atoms with Crippen LogP contribution in [0.2, 0.25) is 0 Å². The Bertz CT molecular complexity index is 771. The van der Waals surface area contributed by atoms with Crippen molar-refractivity contribution in [3.05, 3.63) is 29.3 Å². The van der Waals surface area contributed by atoms with Crippen molar-refractivity contribution in [2.45, 2.75) is 90.1 Å². The summed E-state index contributed by atoms with van der Waals surface area (Å²) in [5.74, 6) is -0.627. The molecule has 32 heavy (non-hydrogen) atoms. The smallest absolute Gasteiger partial charge is 0.257 e. The average Bonchev–Trinajstić information content (AvgIpc) is 2.80. The average molecular weight is 442 g/mol. The summed E-state index contributed by atoms with van der Waals surface area (Å²) in [5.41, 5.74) is 1.48. The number of nitrogens with zero attached hydrogens (tertiary/aromatic N) is 1. The van der Waals surface area contributed by atoms with Gasteiger partial charge in [0, 0.05) is 42.5 Å². The van der Waals surface area contributed by atoms with Gasteiger partial charge in [-0.1, -0.05) is 38.5 Å². The van der Waals surface area contributed by atoms with Gasteiger partial charge in [0.1, 0.15) is 11.3 Å². The van der Waals surface area contributed by atoms with Gasteiger partial charge in [-0.25, -0.2) is 0 Å². The molecule has 1 aromatic rings. The molecule has 2 aliphatic carbocycles. The summed E-state index contributed by atoms with van der Waals surface area (Å²) in [4.78, 5) is 28.4. The zero-order valence-electron chi connectivity index (χ0n) is 19.7. The second-order valence-corrected chi connectivity index (χ2v) is 9.09. The van der Waals surface area contributed by atoms with Crippen molar-refractivity contribution in [1.29, 1.82) is 0 Å². The number of anilines is 1. The minimum atomic E-state index is -0.350. The van der Waals surface area contributed by atoms with E-state index in [9.17, 15) is 14.7 Å². The van der Waals surface area contributed by atoms with Crippen LogP contribution in [0.5, 0.6) is 5.75 Å². The molecule has 0 radical (unpaired) electrons. The third kappa shape index (κ3) is 6.50. The summed E-state index contributed by atoms with van der Waals surface area (Å²) in [6, 6.07) is 5.63. The van der Waals surface area contributed by atoms with Crippen LogP contribution < -0.4 is 15.5 Å². The zero-order valence-corrected chi connectivity index (χ0v) is 19.7. The molecule has 2 saturated carbocycles. The molecular formula is C26H39N3O3. The number of rotatable bonds is 8. The van der Waals surface area contributed by atoms with Crippen LogP contribution in [0.3, 0.4) is 0 Å². The standard InChI is InChI=1S/C26H39N3O3/c1-3-29(4-2)22-16-15-19(24(30)18-22)17-23(25(31)27-20-11-7-5-8-12-20)26(32)28-21-13-9-6-10-14-21/h15-18,20-21,30H,3-14H2,1-2H3,(H,27,31)(H,28,32). The van der Waals surface area contributed by atoms with Crippen LogP contribution in [-0.2, 0) is 9.59 Å². The largest absolute Gasteiger partial charge is 0.507 e. The Kier molecular flexibility index (Phi) is 9.00. The fourth-order valence-corrected chi connectivity index (χ4v) is 4.85. The lowest BCUT2D eigenvalue weighted by molar-refractivity contribution is -0.124. The minimum Gasteiger partial charge on any atom is -0.507 e. The number of amides is 2. The Balaban J connectivity index is 1.83. The van der Waals surface area contributed by atoms with E-state index in [0.29, 0.717) is 5.56 Å². The summed E-state index contributed by atoms with van der Waals surface area (Å²) >= 11 is 0. The molecule has 0 bridgehead atoms. The van der Waals surface area contributed by atoms with Gasteiger partial charge in [0.15, 0.2) is 0 Å². The molecule has 0 atom stereocenters. The number of phenolic OH excluding ortho intramolecular Hbond substituents is 1. The first-order valence-corrected chi connectivity index (χ1v) is 12.4. The quantitative estimate of drug-likeness (QED) is 0.315. The van der Waals surface area contributed by atoms with E-state index in [-0.39, 0.29) is 35.2 Å². The van der Waals surface area contributed by atoms with Gasteiger partial charge in [0.05, 0.1) is 0 Å². The highest BCUT2D eigenvalue weighted by atomic mass is 16.3. The topological polar surface area (TPSA) is 81.7 Å². The predicted molar refractivity (Wildman–Crippen MR) is 130 cm³/mol. The monoisotopic (exact) mass is 441 g/mol. The molecule has 0 aliphatic heterocycles. The van der Waals surface area contributed by atoms with Crippen molar-refractivity contribution in [3.8, 4) is 5.75 Å². The number of carbonyl (C=O) groups is 2. The van der Waals surface area contributed by atoms with E-state index < -0.39 is 0 Å². The molecule has 0 aromatic heterocycles. The van der Waals surface area contributed by atoms with E-state index in [1.165, 1.54) is 18.9 Å². The van der Waals surface area contributed by atoms with Gasteiger partial charge in [-0.3, -0.25) is 9.59 Å². The molecular weight excluding hydrogens is 402 g/mol. The molecule has 3 rings (SSSR count). The molecule has 0 heterocycles. The van der Waals surface area contributed by atoms with Crippen molar-refractivity contribution in [3.63, 3.8) is 0 Å². The number of benzene rings is 1. The van der Waals surface area contributed by atoms with Crippen LogP contribution in [0.25, 0.3) is 6.08 Å². The van der Waals surface area contributed by atoms with Crippen molar-refractivity contribution < 1.29 is 14.7 Å². The molecule has 0 unspecified atom stereocenters. The van der Waals surface area contributed by atoms with Gasteiger partial charge >= 0.3 is 0 Å². The number of phenols is 1. The third-order valence-electron chi connectivity index (χ3n) is 6.81. The normalized spacial score (nSPS) is 17.4.